The number of aliphatic hydroxyl groups is 2. The van der Waals surface area contributed by atoms with Crippen molar-refractivity contribution in [2.24, 2.45) is 29.1 Å². The highest BCUT2D eigenvalue weighted by Crippen LogP contribution is 2.59. The maximum absolute atomic E-state index is 16.6. The number of aromatic hydroxyl groups is 4. The number of aromatic nitrogens is 1. The zero-order chi connectivity index (χ0) is 51.3. The second kappa shape index (κ2) is 20.6. The first-order chi connectivity index (χ1) is 35.9. The van der Waals surface area contributed by atoms with E-state index in [2.05, 4.69) is 64.3 Å². The highest BCUT2D eigenvalue weighted by atomic mass is 16.5. The van der Waals surface area contributed by atoms with E-state index in [0.29, 0.717) is 75.0 Å². The number of Topliss-reactive ketones (excluding diaryl/α,β-unsaturated/α-hetero) is 1. The van der Waals surface area contributed by atoms with E-state index in [0.717, 1.165) is 63.7 Å². The number of nitrogens with one attached hydrogen (secondary N) is 4. The van der Waals surface area contributed by atoms with Crippen LogP contribution in [-0.4, -0.2) is 87.0 Å². The standard InChI is InChI=1S/C61H70N4O9/c1-34-5-3-6-35(23-34)33-74-54-29-40(28-53(71)59(54)72)39-24-41(32-62-2)56-45-12-11-44(66)25-37(45)10-14-48(56)65-55-30-42(17-21-64-55)61(19-16-49(67)47(61)31-43-7-4-20-63-43)58(52(70)27-39)51(69)26-38-9-8-36-18-22-73-60-50(68)15-13-46(38)57(36)60/h3-4,6-15,17,20,25,28-30,34-36,38-39,41,47,49,51,58,62-69,71-72H,5,16,18-19,21-24,26-27,31-33H2,1-2H3/t34-,35-,36-,38-,39-,41-,47+,49+,51-,58+,61+/m1/s1. The Hall–Kier alpha value is -6.67. The van der Waals surface area contributed by atoms with Crippen molar-refractivity contribution in [2.75, 3.05) is 38.7 Å². The van der Waals surface area contributed by atoms with Crippen molar-refractivity contribution in [3.05, 3.63) is 149 Å². The minimum absolute atomic E-state index is 0.0511. The molecule has 5 aromatic rings. The summed E-state index contributed by atoms with van der Waals surface area (Å²) in [6.45, 7) is 3.91. The van der Waals surface area contributed by atoms with Crippen molar-refractivity contribution in [2.45, 2.75) is 101 Å². The predicted octanol–water partition coefficient (Wildman–Crippen LogP) is 9.79. The molecule has 388 valence electrons. The number of phenolic OH excluding ortho intramolecular Hbond substituents is 4. The smallest absolute Gasteiger partial charge is 0.200 e. The number of phenols is 4. The van der Waals surface area contributed by atoms with E-state index in [9.17, 15) is 30.6 Å². The Morgan fingerprint density at radius 2 is 1.84 bits per heavy atom. The third kappa shape index (κ3) is 9.32. The Balaban J connectivity index is 1.09. The number of ether oxygens (including phenoxy) is 2. The zero-order valence-electron chi connectivity index (χ0n) is 42.3. The quantitative estimate of drug-likeness (QED) is 0.0443. The largest absolute Gasteiger partial charge is 0.508 e. The molecule has 1 fully saturated rings. The van der Waals surface area contributed by atoms with Gasteiger partial charge in [0, 0.05) is 71.7 Å². The molecule has 74 heavy (non-hydrogen) atoms. The Morgan fingerprint density at radius 3 is 2.66 bits per heavy atom. The lowest BCUT2D eigenvalue weighted by Gasteiger charge is -2.47. The molecular weight excluding hydrogens is 933 g/mol. The number of H-pyrrole nitrogens is 1. The average molecular weight is 1000 g/mol. The lowest BCUT2D eigenvalue weighted by Crippen LogP contribution is -2.50. The Morgan fingerprint density at radius 1 is 0.959 bits per heavy atom. The summed E-state index contributed by atoms with van der Waals surface area (Å²) in [5.41, 5.74) is 4.99. The number of fused-ring (bicyclic) bond motifs is 5. The number of anilines is 1. The van der Waals surface area contributed by atoms with Crippen molar-refractivity contribution in [3.63, 3.8) is 0 Å². The molecule has 11 atom stereocenters. The molecule has 3 aliphatic heterocycles. The van der Waals surface area contributed by atoms with Crippen LogP contribution >= 0.6 is 0 Å². The fourth-order valence-corrected chi connectivity index (χ4v) is 14.0. The molecule has 4 heterocycles. The lowest BCUT2D eigenvalue weighted by atomic mass is 9.57. The summed E-state index contributed by atoms with van der Waals surface area (Å²) in [4.78, 5) is 20.0. The summed E-state index contributed by atoms with van der Waals surface area (Å²) in [6.07, 6.45) is 17.1. The van der Waals surface area contributed by atoms with Crippen LogP contribution in [-0.2, 0) is 11.2 Å². The van der Waals surface area contributed by atoms with E-state index in [1.54, 1.807) is 30.3 Å². The summed E-state index contributed by atoms with van der Waals surface area (Å²) in [5, 5.41) is 83.2. The normalized spacial score (nSPS) is 28.8. The van der Waals surface area contributed by atoms with Gasteiger partial charge in [-0.2, -0.15) is 0 Å². The van der Waals surface area contributed by atoms with Crippen molar-refractivity contribution >= 4 is 22.2 Å². The average Bonchev–Trinajstić information content (AvgIpc) is 4.04. The number of benzene rings is 4. The number of allylic oxidation sites excluding steroid dienone is 5. The van der Waals surface area contributed by atoms with Crippen LogP contribution in [0.25, 0.3) is 10.8 Å². The lowest BCUT2D eigenvalue weighted by molar-refractivity contribution is -0.134. The fourth-order valence-electron chi connectivity index (χ4n) is 14.0. The van der Waals surface area contributed by atoms with E-state index < -0.39 is 35.4 Å². The van der Waals surface area contributed by atoms with Gasteiger partial charge in [-0.05, 0) is 164 Å². The molecule has 6 aliphatic rings. The van der Waals surface area contributed by atoms with Crippen LogP contribution in [0.5, 0.6) is 34.5 Å². The van der Waals surface area contributed by atoms with E-state index in [1.807, 2.05) is 49.6 Å². The molecular formula is C61H70N4O9. The summed E-state index contributed by atoms with van der Waals surface area (Å²) in [6, 6.07) is 20.3. The van der Waals surface area contributed by atoms with Crippen molar-refractivity contribution < 1.29 is 44.9 Å². The highest BCUT2D eigenvalue weighted by molar-refractivity contribution is 5.92. The highest BCUT2D eigenvalue weighted by Gasteiger charge is 2.59. The minimum Gasteiger partial charge on any atom is -0.508 e. The van der Waals surface area contributed by atoms with Crippen molar-refractivity contribution in [1.82, 2.24) is 15.6 Å². The third-order valence-corrected chi connectivity index (χ3v) is 17.4. The van der Waals surface area contributed by atoms with Gasteiger partial charge in [0.1, 0.15) is 17.4 Å². The Labute approximate surface area is 432 Å². The third-order valence-electron chi connectivity index (χ3n) is 17.4. The molecule has 0 amide bonds. The van der Waals surface area contributed by atoms with E-state index in [1.165, 1.54) is 0 Å². The summed E-state index contributed by atoms with van der Waals surface area (Å²) < 4.78 is 12.5. The molecule has 1 aromatic heterocycles. The van der Waals surface area contributed by atoms with Crippen molar-refractivity contribution in [1.29, 1.82) is 0 Å². The number of hydrogen-bond donors (Lipinski definition) is 10. The molecule has 13 heteroatoms. The number of aliphatic hydroxyl groups excluding tert-OH is 2. The SMILES string of the molecule is CNC[C@H]1C[C@@H](c2cc(O)c(O)c(OC[C@@H]3C=CC[C@@H](C)C3)c2)CC(=O)[C@H]([C@H](O)C[C@H]2C=C[C@@H]3CCOc4c(O)ccc2c43)[C@@]2(CC[C@H](O)[C@@H]2Cc2ccc[nH]2)C2=CCNC(=C2)Nc2ccc3cc(O)ccc3c21. The van der Waals surface area contributed by atoms with Gasteiger partial charge < -0.3 is 61.0 Å². The second-order valence-corrected chi connectivity index (χ2v) is 22.1. The molecule has 13 nitrogen and oxygen atoms in total. The van der Waals surface area contributed by atoms with Gasteiger partial charge in [0.25, 0.3) is 0 Å². The molecule has 2 bridgehead atoms. The molecule has 3 aliphatic carbocycles. The van der Waals surface area contributed by atoms with E-state index >= 15 is 4.79 Å². The van der Waals surface area contributed by atoms with Crippen LogP contribution < -0.4 is 25.4 Å². The minimum atomic E-state index is -1.22. The first kappa shape index (κ1) is 49.5. The van der Waals surface area contributed by atoms with E-state index in [4.69, 9.17) is 9.47 Å². The number of hydrogen-bond acceptors (Lipinski definition) is 12. The van der Waals surface area contributed by atoms with Crippen LogP contribution in [0.4, 0.5) is 5.69 Å². The van der Waals surface area contributed by atoms with Crippen LogP contribution in [0.1, 0.15) is 110 Å². The van der Waals surface area contributed by atoms with Gasteiger partial charge in [0.15, 0.2) is 23.0 Å². The molecule has 0 saturated heterocycles. The van der Waals surface area contributed by atoms with Gasteiger partial charge >= 0.3 is 0 Å². The number of carbonyl (C=O) groups excluding carboxylic acids is 1. The van der Waals surface area contributed by atoms with Gasteiger partial charge in [-0.25, -0.2) is 0 Å². The maximum atomic E-state index is 16.6. The fraction of sp³-hybridized carbons (Fsp3) is 0.426. The number of likely N-dealkylation sites (N-methyl/N-ethyl adjacent to an activating group) is 1. The number of rotatable bonds is 11. The van der Waals surface area contributed by atoms with Crippen LogP contribution in [0.15, 0.2) is 121 Å². The number of ketones is 1. The first-order valence-electron chi connectivity index (χ1n) is 26.7. The molecule has 0 unspecified atom stereocenters. The molecule has 10 N–H and O–H groups in total. The summed E-state index contributed by atoms with van der Waals surface area (Å²) in [5.74, 6) is -1.40. The number of dihydropyridines is 1. The van der Waals surface area contributed by atoms with Gasteiger partial charge in [-0.15, -0.1) is 0 Å². The van der Waals surface area contributed by atoms with Gasteiger partial charge in [0.2, 0.25) is 5.75 Å². The number of aromatic amines is 1. The van der Waals surface area contributed by atoms with Crippen molar-refractivity contribution in [3.8, 4) is 34.5 Å². The predicted molar refractivity (Wildman–Crippen MR) is 286 cm³/mol. The molecule has 11 rings (SSSR count). The second-order valence-electron chi connectivity index (χ2n) is 22.1. The van der Waals surface area contributed by atoms with Crippen LogP contribution in [0, 0.1) is 29.1 Å². The molecule has 0 radical (unpaired) electrons. The summed E-state index contributed by atoms with van der Waals surface area (Å²) >= 11 is 0. The monoisotopic (exact) mass is 1000 g/mol. The first-order valence-corrected chi connectivity index (χ1v) is 26.7. The van der Waals surface area contributed by atoms with Gasteiger partial charge in [-0.1, -0.05) is 55.5 Å². The van der Waals surface area contributed by atoms with Crippen LogP contribution in [0.2, 0.25) is 0 Å². The Kier molecular flexibility index (Phi) is 13.8. The van der Waals surface area contributed by atoms with Gasteiger partial charge in [-0.3, -0.25) is 4.79 Å². The summed E-state index contributed by atoms with van der Waals surface area (Å²) in [7, 11) is 1.90. The number of carbonyl (C=O) groups is 1. The Bertz CT molecular complexity index is 3030. The molecule has 1 spiro atoms. The topological polar surface area (TPSA) is 209 Å². The zero-order valence-corrected chi connectivity index (χ0v) is 42.3. The van der Waals surface area contributed by atoms with Crippen LogP contribution in [0.3, 0.4) is 0 Å². The van der Waals surface area contributed by atoms with E-state index in [-0.39, 0.29) is 71.0 Å². The van der Waals surface area contributed by atoms with Gasteiger partial charge in [0.05, 0.1) is 31.3 Å². The maximum Gasteiger partial charge on any atom is 0.200 e. The molecule has 1 saturated carbocycles. The molecule has 4 aromatic carbocycles.